The fraction of sp³-hybridized carbons (Fsp3) is 0.611. The minimum absolute atomic E-state index is 0.264. The molecule has 0 unspecified atom stereocenters. The average molecular weight is 418 g/mol. The lowest BCUT2D eigenvalue weighted by atomic mass is 9.97. The van der Waals surface area contributed by atoms with Gasteiger partial charge in [-0.05, 0) is 43.9 Å². The first-order chi connectivity index (χ1) is 11.8. The molecule has 3 rings (SSSR count). The molecule has 0 aliphatic carbocycles. The summed E-state index contributed by atoms with van der Waals surface area (Å²) in [5, 5.41) is 0. The molecular weight excluding hydrogens is 395 g/mol. The number of hydrogen-bond donors (Lipinski definition) is 0. The van der Waals surface area contributed by atoms with Crippen LogP contribution in [0.15, 0.2) is 15.5 Å². The number of hydrogen-bond acceptors (Lipinski definition) is 3. The summed E-state index contributed by atoms with van der Waals surface area (Å²) in [7, 11) is 0. The summed E-state index contributed by atoms with van der Waals surface area (Å²) >= 11 is 3.65. The first kappa shape index (κ1) is 18.7. The van der Waals surface area contributed by atoms with Crippen LogP contribution in [0, 0.1) is 6.92 Å². The predicted octanol–water partition coefficient (Wildman–Crippen LogP) is 4.54. The van der Waals surface area contributed by atoms with Gasteiger partial charge in [-0.15, -0.1) is 0 Å². The van der Waals surface area contributed by atoms with Crippen LogP contribution in [-0.4, -0.2) is 49.5 Å². The van der Waals surface area contributed by atoms with Crippen molar-refractivity contribution in [3.8, 4) is 0 Å². The zero-order valence-electron chi connectivity index (χ0n) is 14.5. The van der Waals surface area contributed by atoms with Crippen molar-refractivity contribution in [3.63, 3.8) is 0 Å². The summed E-state index contributed by atoms with van der Waals surface area (Å²) in [6.07, 6.45) is -0.676. The van der Waals surface area contributed by atoms with Gasteiger partial charge in [0.1, 0.15) is 0 Å². The molecule has 1 saturated heterocycles. The molecule has 0 atom stereocenters. The van der Waals surface area contributed by atoms with Gasteiger partial charge >= 0.3 is 6.18 Å². The van der Waals surface area contributed by atoms with Crippen molar-refractivity contribution >= 4 is 27.8 Å². The number of piperidine rings is 1. The molecule has 2 aliphatic rings. The molecule has 1 aromatic rings. The highest BCUT2D eigenvalue weighted by Crippen LogP contribution is 2.37. The second-order valence-electron chi connectivity index (χ2n) is 6.78. The van der Waals surface area contributed by atoms with Crippen LogP contribution in [0.25, 0.3) is 0 Å². The minimum Gasteiger partial charge on any atom is -0.368 e. The lowest BCUT2D eigenvalue weighted by molar-refractivity contribution is -0.147. The Morgan fingerprint density at radius 2 is 2.00 bits per heavy atom. The molecule has 2 aliphatic heterocycles. The van der Waals surface area contributed by atoms with Gasteiger partial charge in [0.25, 0.3) is 0 Å². The highest BCUT2D eigenvalue weighted by atomic mass is 79.9. The number of benzene rings is 1. The average Bonchev–Trinajstić information content (AvgIpc) is 2.99. The van der Waals surface area contributed by atoms with E-state index in [0.717, 1.165) is 23.9 Å². The zero-order valence-corrected chi connectivity index (χ0v) is 16.1. The van der Waals surface area contributed by atoms with Gasteiger partial charge in [-0.2, -0.15) is 13.2 Å². The summed E-state index contributed by atoms with van der Waals surface area (Å²) in [6, 6.07) is 2.39. The van der Waals surface area contributed by atoms with E-state index in [1.165, 1.54) is 27.3 Å². The van der Waals surface area contributed by atoms with Gasteiger partial charge in [0, 0.05) is 41.9 Å². The topological polar surface area (TPSA) is 18.8 Å². The Morgan fingerprint density at radius 3 is 2.60 bits per heavy atom. The molecule has 1 aromatic carbocycles. The zero-order chi connectivity index (χ0) is 18.2. The van der Waals surface area contributed by atoms with Crippen LogP contribution in [0.4, 0.5) is 18.9 Å². The number of nitrogens with zero attached hydrogens (tertiary/aromatic N) is 3. The third-order valence-corrected chi connectivity index (χ3v) is 5.95. The Balaban J connectivity index is 1.80. The Bertz CT molecular complexity index is 665. The maximum atomic E-state index is 12.6. The van der Waals surface area contributed by atoms with Crippen molar-refractivity contribution in [2.75, 3.05) is 31.1 Å². The third kappa shape index (κ3) is 4.03. The molecule has 25 heavy (non-hydrogen) atoms. The van der Waals surface area contributed by atoms with E-state index in [1.807, 2.05) is 6.21 Å². The maximum Gasteiger partial charge on any atom is 0.401 e. The van der Waals surface area contributed by atoms with Crippen molar-refractivity contribution in [2.45, 2.75) is 45.5 Å². The first-order valence-electron chi connectivity index (χ1n) is 8.67. The number of fused-ring (bicyclic) bond motifs is 1. The van der Waals surface area contributed by atoms with Gasteiger partial charge in [-0.3, -0.25) is 9.89 Å². The molecular formula is C18H23BrF3N3. The fourth-order valence-corrected chi connectivity index (χ4v) is 4.39. The summed E-state index contributed by atoms with van der Waals surface area (Å²) in [4.78, 5) is 8.28. The third-order valence-electron chi connectivity index (χ3n) is 5.13. The highest BCUT2D eigenvalue weighted by Gasteiger charge is 2.34. The number of rotatable bonds is 4. The van der Waals surface area contributed by atoms with Gasteiger partial charge in [-0.25, -0.2) is 0 Å². The van der Waals surface area contributed by atoms with Gasteiger partial charge in [0.05, 0.1) is 18.8 Å². The predicted molar refractivity (Wildman–Crippen MR) is 98.7 cm³/mol. The first-order valence-corrected chi connectivity index (χ1v) is 9.47. The van der Waals surface area contributed by atoms with E-state index >= 15 is 0 Å². The molecule has 0 amide bonds. The van der Waals surface area contributed by atoms with Gasteiger partial charge in [-0.1, -0.05) is 15.9 Å². The van der Waals surface area contributed by atoms with Crippen LogP contribution in [0.3, 0.4) is 0 Å². The van der Waals surface area contributed by atoms with Crippen LogP contribution in [-0.2, 0) is 6.54 Å². The van der Waals surface area contributed by atoms with Gasteiger partial charge in [0.2, 0.25) is 0 Å². The van der Waals surface area contributed by atoms with Crippen molar-refractivity contribution in [2.24, 2.45) is 4.99 Å². The SMILES string of the molecule is CCN(c1c(C)c(Br)cc2c1C=NC2)C1CCN(CC(F)(F)F)CC1. The van der Waals surface area contributed by atoms with Crippen LogP contribution in [0.2, 0.25) is 0 Å². The van der Waals surface area contributed by atoms with Gasteiger partial charge in [0.15, 0.2) is 0 Å². The molecule has 0 aromatic heterocycles. The molecule has 1 fully saturated rings. The van der Waals surface area contributed by atoms with E-state index in [-0.39, 0.29) is 6.04 Å². The smallest absolute Gasteiger partial charge is 0.368 e. The van der Waals surface area contributed by atoms with Crippen molar-refractivity contribution < 1.29 is 13.2 Å². The molecule has 0 N–H and O–H groups in total. The molecule has 0 spiro atoms. The molecule has 7 heteroatoms. The second kappa shape index (κ2) is 7.27. The standard InChI is InChI=1S/C18H23BrF3N3/c1-3-25(14-4-6-24(7-5-14)11-18(20,21)22)17-12(2)16(19)8-13-9-23-10-15(13)17/h8,10,14H,3-7,9,11H2,1-2H3. The second-order valence-corrected chi connectivity index (χ2v) is 7.64. The lowest BCUT2D eigenvalue weighted by Gasteiger charge is -2.41. The van der Waals surface area contributed by atoms with E-state index < -0.39 is 12.7 Å². The van der Waals surface area contributed by atoms with Crippen molar-refractivity contribution in [1.29, 1.82) is 0 Å². The molecule has 138 valence electrons. The van der Waals surface area contributed by atoms with Crippen LogP contribution in [0.5, 0.6) is 0 Å². The Morgan fingerprint density at radius 1 is 1.32 bits per heavy atom. The number of aliphatic imine (C=N–C) groups is 1. The Kier molecular flexibility index (Phi) is 5.44. The van der Waals surface area contributed by atoms with Gasteiger partial charge < -0.3 is 4.90 Å². The molecule has 0 bridgehead atoms. The Hall–Kier alpha value is -1.08. The fourth-order valence-electron chi connectivity index (χ4n) is 3.93. The maximum absolute atomic E-state index is 12.6. The van der Waals surface area contributed by atoms with Crippen molar-refractivity contribution in [1.82, 2.24) is 4.90 Å². The normalized spacial score (nSPS) is 18.6. The van der Waals surface area contributed by atoms with Crippen molar-refractivity contribution in [3.05, 3.63) is 27.2 Å². The monoisotopic (exact) mass is 417 g/mol. The minimum atomic E-state index is -4.12. The van der Waals surface area contributed by atoms with E-state index in [1.54, 1.807) is 0 Å². The summed E-state index contributed by atoms with van der Waals surface area (Å²) < 4.78 is 38.9. The Labute approximate surface area is 155 Å². The summed E-state index contributed by atoms with van der Waals surface area (Å²) in [5.41, 5.74) is 4.73. The summed E-state index contributed by atoms with van der Waals surface area (Å²) in [5.74, 6) is 0. The van der Waals surface area contributed by atoms with E-state index in [4.69, 9.17) is 0 Å². The lowest BCUT2D eigenvalue weighted by Crippen LogP contribution is -2.47. The number of halogens is 4. The number of likely N-dealkylation sites (tertiary alicyclic amines) is 1. The number of alkyl halides is 3. The van der Waals surface area contributed by atoms with E-state index in [0.29, 0.717) is 19.6 Å². The van der Waals surface area contributed by atoms with E-state index in [2.05, 4.69) is 45.7 Å². The number of anilines is 1. The largest absolute Gasteiger partial charge is 0.401 e. The molecule has 2 heterocycles. The molecule has 3 nitrogen and oxygen atoms in total. The van der Waals surface area contributed by atoms with Crippen LogP contribution >= 0.6 is 15.9 Å². The summed E-state index contributed by atoms with van der Waals surface area (Å²) in [6.45, 7) is 5.91. The quantitative estimate of drug-likeness (QED) is 0.715. The van der Waals surface area contributed by atoms with Crippen LogP contribution < -0.4 is 4.90 Å². The van der Waals surface area contributed by atoms with Crippen LogP contribution in [0.1, 0.15) is 36.5 Å². The highest BCUT2D eigenvalue weighted by molar-refractivity contribution is 9.10. The van der Waals surface area contributed by atoms with E-state index in [9.17, 15) is 13.2 Å². The molecule has 0 radical (unpaired) electrons. The molecule has 0 saturated carbocycles.